The van der Waals surface area contributed by atoms with Crippen molar-refractivity contribution in [2.24, 2.45) is 0 Å². The molecule has 0 unspecified atom stereocenters. The first-order chi connectivity index (χ1) is 12.4. The number of benzene rings is 2. The Morgan fingerprint density at radius 1 is 1.08 bits per heavy atom. The van der Waals surface area contributed by atoms with Gasteiger partial charge in [0.1, 0.15) is 5.75 Å². The Balaban J connectivity index is 1.85. The lowest BCUT2D eigenvalue weighted by atomic mass is 10.0. The van der Waals surface area contributed by atoms with Crippen molar-refractivity contribution in [2.75, 3.05) is 7.11 Å². The molecule has 138 valence electrons. The molecular weight excluding hydrogens is 330 g/mol. The van der Waals surface area contributed by atoms with Crippen LogP contribution in [0, 0.1) is 13.8 Å². The van der Waals surface area contributed by atoms with E-state index in [-0.39, 0.29) is 12.3 Å². The first kappa shape index (κ1) is 19.5. The molecule has 1 N–H and O–H groups in total. The smallest absolute Gasteiger partial charge is 0.311 e. The molecule has 0 aromatic heterocycles. The number of aryl methyl sites for hydroxylation is 2. The SMILES string of the molecule is COc1ccccc1CNC(=O)[C@@H](C)OC(=O)Cc1ccc(C)c(C)c1. The molecule has 2 aromatic carbocycles. The molecule has 0 bridgehead atoms. The summed E-state index contributed by atoms with van der Waals surface area (Å²) in [6, 6.07) is 13.3. The topological polar surface area (TPSA) is 64.6 Å². The number of esters is 1. The fraction of sp³-hybridized carbons (Fsp3) is 0.333. The van der Waals surface area contributed by atoms with Crippen molar-refractivity contribution in [1.29, 1.82) is 0 Å². The summed E-state index contributed by atoms with van der Waals surface area (Å²) in [5.74, 6) is -0.0651. The van der Waals surface area contributed by atoms with Gasteiger partial charge in [-0.05, 0) is 43.5 Å². The largest absolute Gasteiger partial charge is 0.496 e. The van der Waals surface area contributed by atoms with Gasteiger partial charge >= 0.3 is 5.97 Å². The molecule has 0 spiro atoms. The minimum Gasteiger partial charge on any atom is -0.496 e. The summed E-state index contributed by atoms with van der Waals surface area (Å²) in [7, 11) is 1.58. The maximum absolute atomic E-state index is 12.2. The molecule has 0 fully saturated rings. The second-order valence-electron chi connectivity index (χ2n) is 6.26. The minimum absolute atomic E-state index is 0.144. The van der Waals surface area contributed by atoms with E-state index in [9.17, 15) is 9.59 Å². The normalized spacial score (nSPS) is 11.5. The molecule has 5 heteroatoms. The van der Waals surface area contributed by atoms with Gasteiger partial charge in [0.2, 0.25) is 0 Å². The van der Waals surface area contributed by atoms with Crippen LogP contribution in [0.4, 0.5) is 0 Å². The first-order valence-corrected chi connectivity index (χ1v) is 8.56. The summed E-state index contributed by atoms with van der Waals surface area (Å²) < 4.78 is 10.5. The molecule has 0 aliphatic heterocycles. The highest BCUT2D eigenvalue weighted by atomic mass is 16.5. The van der Waals surface area contributed by atoms with Crippen LogP contribution in [0.25, 0.3) is 0 Å². The van der Waals surface area contributed by atoms with Gasteiger partial charge in [-0.15, -0.1) is 0 Å². The van der Waals surface area contributed by atoms with Crippen molar-refractivity contribution in [3.63, 3.8) is 0 Å². The van der Waals surface area contributed by atoms with Gasteiger partial charge in [-0.25, -0.2) is 0 Å². The fourth-order valence-corrected chi connectivity index (χ4v) is 2.55. The van der Waals surface area contributed by atoms with E-state index < -0.39 is 12.1 Å². The van der Waals surface area contributed by atoms with Gasteiger partial charge in [-0.3, -0.25) is 9.59 Å². The van der Waals surface area contributed by atoms with E-state index >= 15 is 0 Å². The quantitative estimate of drug-likeness (QED) is 0.775. The third kappa shape index (κ3) is 5.34. The predicted molar refractivity (Wildman–Crippen MR) is 100 cm³/mol. The Morgan fingerprint density at radius 2 is 1.81 bits per heavy atom. The Morgan fingerprint density at radius 3 is 2.50 bits per heavy atom. The Bertz CT molecular complexity index is 785. The minimum atomic E-state index is -0.858. The van der Waals surface area contributed by atoms with Crippen molar-refractivity contribution in [3.05, 3.63) is 64.7 Å². The van der Waals surface area contributed by atoms with Crippen LogP contribution in [0.5, 0.6) is 5.75 Å². The summed E-state index contributed by atoms with van der Waals surface area (Å²) in [4.78, 5) is 24.2. The average Bonchev–Trinajstić information content (AvgIpc) is 2.62. The van der Waals surface area contributed by atoms with Crippen LogP contribution in [-0.2, 0) is 27.3 Å². The Hall–Kier alpha value is -2.82. The molecule has 1 amide bonds. The van der Waals surface area contributed by atoms with Crippen LogP contribution in [-0.4, -0.2) is 25.1 Å². The number of ether oxygens (including phenoxy) is 2. The van der Waals surface area contributed by atoms with E-state index in [4.69, 9.17) is 9.47 Å². The highest BCUT2D eigenvalue weighted by Gasteiger charge is 2.18. The number of nitrogens with one attached hydrogen (secondary N) is 1. The van der Waals surface area contributed by atoms with E-state index in [0.29, 0.717) is 12.3 Å². The molecule has 2 rings (SSSR count). The lowest BCUT2D eigenvalue weighted by molar-refractivity contribution is -0.154. The third-order valence-electron chi connectivity index (χ3n) is 4.24. The van der Waals surface area contributed by atoms with Gasteiger partial charge < -0.3 is 14.8 Å². The van der Waals surface area contributed by atoms with E-state index in [1.54, 1.807) is 14.0 Å². The van der Waals surface area contributed by atoms with Crippen LogP contribution < -0.4 is 10.1 Å². The number of carbonyl (C=O) groups is 2. The van der Waals surface area contributed by atoms with Crippen LogP contribution in [0.1, 0.15) is 29.2 Å². The lowest BCUT2D eigenvalue weighted by Crippen LogP contribution is -2.35. The summed E-state index contributed by atoms with van der Waals surface area (Å²) in [6.07, 6.45) is -0.714. The predicted octanol–water partition coefficient (Wildman–Crippen LogP) is 3.10. The zero-order chi connectivity index (χ0) is 19.1. The number of hydrogen-bond acceptors (Lipinski definition) is 4. The molecule has 0 saturated heterocycles. The van der Waals surface area contributed by atoms with Crippen LogP contribution in [0.2, 0.25) is 0 Å². The molecule has 0 aliphatic carbocycles. The average molecular weight is 355 g/mol. The van der Waals surface area contributed by atoms with E-state index in [2.05, 4.69) is 5.32 Å². The summed E-state index contributed by atoms with van der Waals surface area (Å²) in [5.41, 5.74) is 4.03. The van der Waals surface area contributed by atoms with Crippen molar-refractivity contribution in [3.8, 4) is 5.75 Å². The zero-order valence-electron chi connectivity index (χ0n) is 15.7. The van der Waals surface area contributed by atoms with Crippen LogP contribution in [0.3, 0.4) is 0 Å². The number of carbonyl (C=O) groups excluding carboxylic acids is 2. The monoisotopic (exact) mass is 355 g/mol. The number of amides is 1. The summed E-state index contributed by atoms with van der Waals surface area (Å²) in [5, 5.41) is 2.76. The maximum Gasteiger partial charge on any atom is 0.311 e. The number of methoxy groups -OCH3 is 1. The molecule has 0 radical (unpaired) electrons. The number of hydrogen-bond donors (Lipinski definition) is 1. The van der Waals surface area contributed by atoms with E-state index in [0.717, 1.165) is 16.7 Å². The van der Waals surface area contributed by atoms with Gasteiger partial charge in [0.05, 0.1) is 13.5 Å². The third-order valence-corrected chi connectivity index (χ3v) is 4.24. The number of para-hydroxylation sites is 1. The van der Waals surface area contributed by atoms with E-state index in [1.165, 1.54) is 5.56 Å². The highest BCUT2D eigenvalue weighted by Crippen LogP contribution is 2.16. The summed E-state index contributed by atoms with van der Waals surface area (Å²) in [6.45, 7) is 5.89. The van der Waals surface area contributed by atoms with Crippen molar-refractivity contribution in [1.82, 2.24) is 5.32 Å². The molecule has 5 nitrogen and oxygen atoms in total. The fourth-order valence-electron chi connectivity index (χ4n) is 2.55. The molecule has 0 saturated carbocycles. The van der Waals surface area contributed by atoms with Gasteiger partial charge in [0, 0.05) is 12.1 Å². The molecular formula is C21H25NO4. The van der Waals surface area contributed by atoms with Gasteiger partial charge in [0.25, 0.3) is 5.91 Å². The van der Waals surface area contributed by atoms with Crippen molar-refractivity contribution in [2.45, 2.75) is 39.8 Å². The zero-order valence-corrected chi connectivity index (χ0v) is 15.7. The van der Waals surface area contributed by atoms with Crippen LogP contribution in [0.15, 0.2) is 42.5 Å². The van der Waals surface area contributed by atoms with Crippen LogP contribution >= 0.6 is 0 Å². The Labute approximate surface area is 154 Å². The Kier molecular flexibility index (Phi) is 6.78. The second-order valence-corrected chi connectivity index (χ2v) is 6.26. The van der Waals surface area contributed by atoms with Crippen molar-refractivity contribution < 1.29 is 19.1 Å². The highest BCUT2D eigenvalue weighted by molar-refractivity contribution is 5.83. The molecule has 1 atom stereocenters. The molecule has 26 heavy (non-hydrogen) atoms. The van der Waals surface area contributed by atoms with E-state index in [1.807, 2.05) is 56.3 Å². The molecule has 0 aliphatic rings. The van der Waals surface area contributed by atoms with Gasteiger partial charge in [0.15, 0.2) is 6.10 Å². The van der Waals surface area contributed by atoms with Gasteiger partial charge in [-0.2, -0.15) is 0 Å². The second kappa shape index (κ2) is 9.04. The number of rotatable bonds is 7. The maximum atomic E-state index is 12.2. The lowest BCUT2D eigenvalue weighted by Gasteiger charge is -2.15. The standard InChI is InChI=1S/C21H25NO4/c1-14-9-10-17(11-15(14)2)12-20(23)26-16(3)21(24)22-13-18-7-5-6-8-19(18)25-4/h5-11,16H,12-13H2,1-4H3,(H,22,24)/t16-/m1/s1. The first-order valence-electron chi connectivity index (χ1n) is 8.56. The molecule has 2 aromatic rings. The van der Waals surface area contributed by atoms with Gasteiger partial charge in [-0.1, -0.05) is 36.4 Å². The molecule has 0 heterocycles. The summed E-state index contributed by atoms with van der Waals surface area (Å²) >= 11 is 0. The van der Waals surface area contributed by atoms with Crippen molar-refractivity contribution >= 4 is 11.9 Å².